The molecule has 0 saturated carbocycles. The summed E-state index contributed by atoms with van der Waals surface area (Å²) >= 11 is 6.00. The summed E-state index contributed by atoms with van der Waals surface area (Å²) in [7, 11) is 1.37. The van der Waals surface area contributed by atoms with E-state index in [1.807, 2.05) is 30.3 Å². The fraction of sp³-hybridized carbons (Fsp3) is 0.303. The van der Waals surface area contributed by atoms with Crippen LogP contribution >= 0.6 is 11.6 Å². The lowest BCUT2D eigenvalue weighted by Crippen LogP contribution is -2.48. The van der Waals surface area contributed by atoms with E-state index in [-0.39, 0.29) is 5.97 Å². The average Bonchev–Trinajstić information content (AvgIpc) is 3.04. The van der Waals surface area contributed by atoms with E-state index >= 15 is 0 Å². The van der Waals surface area contributed by atoms with E-state index in [0.717, 1.165) is 85.3 Å². The predicted octanol–water partition coefficient (Wildman–Crippen LogP) is 5.04. The Hall–Kier alpha value is -4.34. The predicted molar refractivity (Wildman–Crippen MR) is 167 cm³/mol. The van der Waals surface area contributed by atoms with Crippen molar-refractivity contribution in [3.8, 4) is 22.8 Å². The minimum Gasteiger partial charge on any atom is -0.492 e. The number of nitrogen functional groups attached to an aromatic ring is 1. The Morgan fingerprint density at radius 3 is 2.40 bits per heavy atom. The van der Waals surface area contributed by atoms with Crippen LogP contribution in [0, 0.1) is 0 Å². The third-order valence-corrected chi connectivity index (χ3v) is 8.17. The number of nitrogens with two attached hydrogens (primary N) is 1. The fourth-order valence-corrected chi connectivity index (χ4v) is 5.72. The van der Waals surface area contributed by atoms with Gasteiger partial charge in [-0.25, -0.2) is 9.78 Å². The van der Waals surface area contributed by atoms with Crippen molar-refractivity contribution in [1.29, 1.82) is 0 Å². The highest BCUT2D eigenvalue weighted by Crippen LogP contribution is 2.38. The Bertz CT molecular complexity index is 1590. The summed E-state index contributed by atoms with van der Waals surface area (Å²) in [5, 5.41) is 0.714. The first kappa shape index (κ1) is 28.8. The van der Waals surface area contributed by atoms with Gasteiger partial charge in [-0.15, -0.1) is 0 Å². The number of esters is 1. The van der Waals surface area contributed by atoms with Crippen LogP contribution in [0.15, 0.2) is 66.7 Å². The van der Waals surface area contributed by atoms with Gasteiger partial charge in [-0.1, -0.05) is 23.7 Å². The summed E-state index contributed by atoms with van der Waals surface area (Å²) in [5.74, 6) is 2.44. The second-order valence-corrected chi connectivity index (χ2v) is 11.1. The highest BCUT2D eigenvalue weighted by Gasteiger charge is 2.27. The van der Waals surface area contributed by atoms with Crippen molar-refractivity contribution >= 4 is 29.3 Å². The molecule has 2 heterocycles. The summed E-state index contributed by atoms with van der Waals surface area (Å²) in [5.41, 5.74) is 12.2. The van der Waals surface area contributed by atoms with Crippen LogP contribution in [0.1, 0.15) is 27.0 Å². The lowest BCUT2D eigenvalue weighted by molar-refractivity contribution is 0.0600. The summed E-state index contributed by atoms with van der Waals surface area (Å²) in [4.78, 5) is 25.7. The third-order valence-electron chi connectivity index (χ3n) is 7.92. The molecule has 0 radical (unpaired) electrons. The van der Waals surface area contributed by atoms with E-state index in [9.17, 15) is 4.79 Å². The van der Waals surface area contributed by atoms with Crippen molar-refractivity contribution in [1.82, 2.24) is 14.9 Å². The van der Waals surface area contributed by atoms with Crippen LogP contribution in [-0.4, -0.2) is 67.3 Å². The molecule has 1 saturated heterocycles. The molecule has 0 unspecified atom stereocenters. The average molecular weight is 600 g/mol. The topological polar surface area (TPSA) is 103 Å². The maximum atomic E-state index is 11.6. The van der Waals surface area contributed by atoms with Crippen LogP contribution in [0.5, 0.6) is 11.5 Å². The molecular formula is C33H34ClN5O4. The van der Waals surface area contributed by atoms with Gasteiger partial charge in [0.1, 0.15) is 30.5 Å². The van der Waals surface area contributed by atoms with Gasteiger partial charge in [0.05, 0.1) is 18.4 Å². The van der Waals surface area contributed by atoms with Gasteiger partial charge in [0.15, 0.2) is 0 Å². The van der Waals surface area contributed by atoms with E-state index < -0.39 is 0 Å². The number of halogens is 1. The Balaban J connectivity index is 1.06. The number of carbonyl (C=O) groups is 1. The first-order valence-electron chi connectivity index (χ1n) is 14.4. The van der Waals surface area contributed by atoms with Gasteiger partial charge in [0.25, 0.3) is 0 Å². The van der Waals surface area contributed by atoms with Crippen LogP contribution in [-0.2, 0) is 24.2 Å². The number of ether oxygens (including phenoxy) is 3. The standard InChI is InChI=1S/C33H34ClN5O4/c1-41-32(40)23-4-9-26(10-5-23)42-19-18-38-14-16-39(17-15-38)31-29-12-6-24-20-27(43-21-22-2-7-25(34)8-3-22)11-13-28(24)30(29)36-33(35)37-31/h2-5,7-11,13,20H,6,12,14-19,21H2,1H3,(H2,35,36,37). The lowest BCUT2D eigenvalue weighted by atomic mass is 9.88. The minimum atomic E-state index is -0.356. The van der Waals surface area contributed by atoms with Gasteiger partial charge in [-0.05, 0) is 78.6 Å². The van der Waals surface area contributed by atoms with Crippen molar-refractivity contribution in [3.63, 3.8) is 0 Å². The van der Waals surface area contributed by atoms with Crippen LogP contribution in [0.4, 0.5) is 11.8 Å². The first-order valence-corrected chi connectivity index (χ1v) is 14.8. The number of rotatable bonds is 9. The number of anilines is 2. The number of methoxy groups -OCH3 is 1. The Labute approximate surface area is 256 Å². The van der Waals surface area contributed by atoms with Crippen molar-refractivity contribution in [2.45, 2.75) is 19.4 Å². The van der Waals surface area contributed by atoms with E-state index in [0.29, 0.717) is 29.7 Å². The molecule has 3 aromatic carbocycles. The van der Waals surface area contributed by atoms with Gasteiger partial charge >= 0.3 is 5.97 Å². The van der Waals surface area contributed by atoms with Crippen LogP contribution in [0.25, 0.3) is 11.3 Å². The Morgan fingerprint density at radius 1 is 0.907 bits per heavy atom. The molecule has 0 atom stereocenters. The smallest absolute Gasteiger partial charge is 0.337 e. The molecule has 0 bridgehead atoms. The van der Waals surface area contributed by atoms with Gasteiger partial charge in [0, 0.05) is 48.9 Å². The van der Waals surface area contributed by atoms with E-state index in [1.54, 1.807) is 24.3 Å². The van der Waals surface area contributed by atoms with E-state index in [4.69, 9.17) is 36.5 Å². The summed E-state index contributed by atoms with van der Waals surface area (Å²) in [6, 6.07) is 20.9. The largest absolute Gasteiger partial charge is 0.492 e. The zero-order valence-corrected chi connectivity index (χ0v) is 24.8. The molecule has 2 aliphatic rings. The molecule has 222 valence electrons. The summed E-state index contributed by atoms with van der Waals surface area (Å²) in [6.45, 7) is 5.35. The number of hydrogen-bond acceptors (Lipinski definition) is 9. The van der Waals surface area contributed by atoms with Gasteiger partial charge in [-0.3, -0.25) is 4.90 Å². The molecular weight excluding hydrogens is 566 g/mol. The second-order valence-electron chi connectivity index (χ2n) is 10.7. The van der Waals surface area contributed by atoms with Crippen LogP contribution in [0.2, 0.25) is 5.02 Å². The molecule has 4 aromatic rings. The maximum Gasteiger partial charge on any atom is 0.337 e. The Kier molecular flexibility index (Phi) is 8.62. The third kappa shape index (κ3) is 6.68. The quantitative estimate of drug-likeness (QED) is 0.265. The first-order chi connectivity index (χ1) is 21.0. The van der Waals surface area contributed by atoms with Crippen LogP contribution < -0.4 is 20.1 Å². The number of nitrogens with zero attached hydrogens (tertiary/aromatic N) is 4. The maximum absolute atomic E-state index is 11.6. The number of piperazine rings is 1. The zero-order valence-electron chi connectivity index (χ0n) is 24.1. The number of carbonyl (C=O) groups excluding carboxylic acids is 1. The van der Waals surface area contributed by atoms with E-state index in [2.05, 4.69) is 26.9 Å². The Morgan fingerprint density at radius 2 is 1.65 bits per heavy atom. The molecule has 1 aliphatic heterocycles. The zero-order chi connectivity index (χ0) is 29.8. The van der Waals surface area contributed by atoms with Crippen molar-refractivity contribution in [3.05, 3.63) is 94.0 Å². The molecule has 1 fully saturated rings. The highest BCUT2D eigenvalue weighted by molar-refractivity contribution is 6.30. The van der Waals surface area contributed by atoms with Crippen molar-refractivity contribution in [2.75, 3.05) is 57.1 Å². The van der Waals surface area contributed by atoms with Crippen LogP contribution in [0.3, 0.4) is 0 Å². The molecule has 0 amide bonds. The number of benzene rings is 3. The molecule has 9 nitrogen and oxygen atoms in total. The SMILES string of the molecule is COC(=O)c1ccc(OCCN2CCN(c3nc(N)nc4c3CCc3cc(OCc5ccc(Cl)cc5)ccc3-4)CC2)cc1. The summed E-state index contributed by atoms with van der Waals surface area (Å²) < 4.78 is 16.7. The summed E-state index contributed by atoms with van der Waals surface area (Å²) in [6.07, 6.45) is 1.74. The van der Waals surface area contributed by atoms with Gasteiger partial charge < -0.3 is 24.8 Å². The molecule has 43 heavy (non-hydrogen) atoms. The normalized spacial score (nSPS) is 14.5. The molecule has 10 heteroatoms. The number of fused-ring (bicyclic) bond motifs is 3. The van der Waals surface area contributed by atoms with Crippen molar-refractivity contribution in [2.24, 2.45) is 0 Å². The fourth-order valence-electron chi connectivity index (χ4n) is 5.59. The molecule has 0 spiro atoms. The van der Waals surface area contributed by atoms with E-state index in [1.165, 1.54) is 12.7 Å². The molecule has 2 N–H and O–H groups in total. The second kappa shape index (κ2) is 12.9. The number of aromatic nitrogens is 2. The molecule has 6 rings (SSSR count). The van der Waals surface area contributed by atoms with Gasteiger partial charge in [0.2, 0.25) is 5.95 Å². The number of aryl methyl sites for hydroxylation is 1. The van der Waals surface area contributed by atoms with Gasteiger partial charge in [-0.2, -0.15) is 4.98 Å². The molecule has 1 aromatic heterocycles. The highest BCUT2D eigenvalue weighted by atomic mass is 35.5. The molecule has 1 aliphatic carbocycles. The lowest BCUT2D eigenvalue weighted by Gasteiger charge is -2.37. The number of hydrogen-bond donors (Lipinski definition) is 1. The monoisotopic (exact) mass is 599 g/mol. The minimum absolute atomic E-state index is 0.290. The van der Waals surface area contributed by atoms with Crippen molar-refractivity contribution < 1.29 is 19.0 Å².